The highest BCUT2D eigenvalue weighted by molar-refractivity contribution is 5.99. The van der Waals surface area contributed by atoms with Crippen LogP contribution in [0.5, 0.6) is 0 Å². The van der Waals surface area contributed by atoms with Crippen LogP contribution in [0, 0.1) is 5.82 Å². The van der Waals surface area contributed by atoms with Crippen molar-refractivity contribution < 1.29 is 17.6 Å². The second-order valence-electron chi connectivity index (χ2n) is 5.31. The number of aliphatic imine (C=N–C) groups is 1. The summed E-state index contributed by atoms with van der Waals surface area (Å²) in [6.45, 7) is 0. The predicted octanol–water partition coefficient (Wildman–Crippen LogP) is 5.06. The molecule has 0 bridgehead atoms. The predicted molar refractivity (Wildman–Crippen MR) is 90.3 cm³/mol. The average Bonchev–Trinajstić information content (AvgIpc) is 2.56. The molecule has 0 aliphatic carbocycles. The van der Waals surface area contributed by atoms with E-state index in [1.165, 1.54) is 0 Å². The van der Waals surface area contributed by atoms with Gasteiger partial charge in [0.05, 0.1) is 16.9 Å². The molecule has 0 amide bonds. The van der Waals surface area contributed by atoms with Gasteiger partial charge in [0, 0.05) is 5.39 Å². The molecule has 7 heteroatoms. The molecule has 0 radical (unpaired) electrons. The van der Waals surface area contributed by atoms with Gasteiger partial charge in [0.2, 0.25) is 0 Å². The van der Waals surface area contributed by atoms with Gasteiger partial charge in [-0.25, -0.2) is 9.38 Å². The quantitative estimate of drug-likeness (QED) is 0.387. The van der Waals surface area contributed by atoms with Crippen LogP contribution in [0.3, 0.4) is 0 Å². The van der Waals surface area contributed by atoms with Gasteiger partial charge in [-0.15, -0.1) is 0 Å². The molecular weight excluding hydrogens is 334 g/mol. The summed E-state index contributed by atoms with van der Waals surface area (Å²) in [5, 5.41) is 4.14. The van der Waals surface area contributed by atoms with E-state index in [1.54, 1.807) is 12.1 Å². The standard InChI is InChI=1S/C18H13F4N3/c19-14-9-8-12(18(20,21)22)10-16(14)25-17(23)24-15-7-3-5-11-4-1-2-6-13(11)15/h1-10H,(H3,23,24,25). The van der Waals surface area contributed by atoms with Crippen LogP contribution in [0.25, 0.3) is 10.8 Å². The van der Waals surface area contributed by atoms with Crippen LogP contribution in [0.1, 0.15) is 5.56 Å². The lowest BCUT2D eigenvalue weighted by atomic mass is 10.1. The van der Waals surface area contributed by atoms with Crippen molar-refractivity contribution in [1.29, 1.82) is 0 Å². The van der Waals surface area contributed by atoms with Crippen molar-refractivity contribution in [3.63, 3.8) is 0 Å². The largest absolute Gasteiger partial charge is 0.416 e. The van der Waals surface area contributed by atoms with E-state index in [1.807, 2.05) is 30.3 Å². The third-order valence-corrected chi connectivity index (χ3v) is 3.56. The number of alkyl halides is 3. The van der Waals surface area contributed by atoms with Gasteiger partial charge in [0.15, 0.2) is 5.96 Å². The maximum Gasteiger partial charge on any atom is 0.416 e. The fourth-order valence-corrected chi connectivity index (χ4v) is 2.40. The number of halogens is 4. The number of guanidine groups is 1. The second kappa shape index (κ2) is 6.43. The molecule has 3 nitrogen and oxygen atoms in total. The molecule has 0 aliphatic heterocycles. The normalized spacial score (nSPS) is 12.4. The Labute approximate surface area is 140 Å². The van der Waals surface area contributed by atoms with E-state index in [0.717, 1.165) is 16.8 Å². The molecule has 3 aromatic carbocycles. The minimum Gasteiger partial charge on any atom is -0.369 e. The third kappa shape index (κ3) is 3.71. The summed E-state index contributed by atoms with van der Waals surface area (Å²) in [7, 11) is 0. The zero-order valence-corrected chi connectivity index (χ0v) is 12.8. The Morgan fingerprint density at radius 1 is 0.960 bits per heavy atom. The van der Waals surface area contributed by atoms with Crippen LogP contribution in [0.4, 0.5) is 28.9 Å². The highest BCUT2D eigenvalue weighted by Crippen LogP contribution is 2.32. The van der Waals surface area contributed by atoms with E-state index >= 15 is 0 Å². The molecule has 25 heavy (non-hydrogen) atoms. The van der Waals surface area contributed by atoms with Gasteiger partial charge in [-0.05, 0) is 29.7 Å². The Kier molecular flexibility index (Phi) is 4.31. The number of hydrogen-bond donors (Lipinski definition) is 2. The van der Waals surface area contributed by atoms with Gasteiger partial charge in [-0.3, -0.25) is 0 Å². The van der Waals surface area contributed by atoms with E-state index < -0.39 is 23.2 Å². The third-order valence-electron chi connectivity index (χ3n) is 3.56. The number of nitrogens with one attached hydrogen (secondary N) is 1. The van der Waals surface area contributed by atoms with Crippen LogP contribution >= 0.6 is 0 Å². The monoisotopic (exact) mass is 347 g/mol. The van der Waals surface area contributed by atoms with Crippen LogP contribution in [0.2, 0.25) is 0 Å². The number of benzene rings is 3. The highest BCUT2D eigenvalue weighted by Gasteiger charge is 2.31. The molecule has 0 spiro atoms. The van der Waals surface area contributed by atoms with Crippen molar-refractivity contribution in [1.82, 2.24) is 0 Å². The Morgan fingerprint density at radius 2 is 1.68 bits per heavy atom. The molecule has 3 aromatic rings. The van der Waals surface area contributed by atoms with E-state index in [0.29, 0.717) is 17.8 Å². The molecule has 0 saturated carbocycles. The van der Waals surface area contributed by atoms with Crippen molar-refractivity contribution in [3.8, 4) is 0 Å². The van der Waals surface area contributed by atoms with Gasteiger partial charge < -0.3 is 11.1 Å². The molecule has 0 fully saturated rings. The average molecular weight is 347 g/mol. The van der Waals surface area contributed by atoms with Crippen LogP contribution in [0.15, 0.2) is 65.7 Å². The first-order valence-corrected chi connectivity index (χ1v) is 7.30. The fourth-order valence-electron chi connectivity index (χ4n) is 2.40. The summed E-state index contributed by atoms with van der Waals surface area (Å²) in [6.07, 6.45) is -4.58. The number of hydrogen-bond acceptors (Lipinski definition) is 1. The Morgan fingerprint density at radius 3 is 2.44 bits per heavy atom. The van der Waals surface area contributed by atoms with Crippen molar-refractivity contribution in [2.24, 2.45) is 10.7 Å². The van der Waals surface area contributed by atoms with Gasteiger partial charge in [0.25, 0.3) is 0 Å². The zero-order valence-electron chi connectivity index (χ0n) is 12.8. The Hall–Kier alpha value is -3.09. The summed E-state index contributed by atoms with van der Waals surface area (Å²) >= 11 is 0. The van der Waals surface area contributed by atoms with Crippen molar-refractivity contribution in [3.05, 3.63) is 72.0 Å². The molecule has 3 N–H and O–H groups in total. The Balaban J connectivity index is 1.94. The number of nitrogens with two attached hydrogens (primary N) is 1. The lowest BCUT2D eigenvalue weighted by Crippen LogP contribution is -2.23. The van der Waals surface area contributed by atoms with Gasteiger partial charge in [-0.1, -0.05) is 36.4 Å². The molecule has 0 atom stereocenters. The second-order valence-corrected chi connectivity index (χ2v) is 5.31. The molecule has 0 saturated heterocycles. The molecule has 3 rings (SSSR count). The molecular formula is C18H13F4N3. The fraction of sp³-hybridized carbons (Fsp3) is 0.0556. The van der Waals surface area contributed by atoms with E-state index in [2.05, 4.69) is 10.3 Å². The number of fused-ring (bicyclic) bond motifs is 1. The van der Waals surface area contributed by atoms with Crippen LogP contribution < -0.4 is 11.1 Å². The van der Waals surface area contributed by atoms with E-state index in [-0.39, 0.29) is 5.96 Å². The van der Waals surface area contributed by atoms with Crippen molar-refractivity contribution >= 4 is 28.1 Å². The topological polar surface area (TPSA) is 50.4 Å². The van der Waals surface area contributed by atoms with Crippen molar-refractivity contribution in [2.45, 2.75) is 6.18 Å². The zero-order chi connectivity index (χ0) is 18.0. The molecule has 0 aromatic heterocycles. The smallest absolute Gasteiger partial charge is 0.369 e. The van der Waals surface area contributed by atoms with E-state index in [4.69, 9.17) is 5.73 Å². The van der Waals surface area contributed by atoms with Gasteiger partial charge in [-0.2, -0.15) is 13.2 Å². The van der Waals surface area contributed by atoms with E-state index in [9.17, 15) is 17.6 Å². The number of rotatable bonds is 2. The summed E-state index contributed by atoms with van der Waals surface area (Å²) in [5.41, 5.74) is 4.90. The first kappa shape index (κ1) is 16.8. The summed E-state index contributed by atoms with van der Waals surface area (Å²) in [5.74, 6) is -1.07. The summed E-state index contributed by atoms with van der Waals surface area (Å²) < 4.78 is 52.0. The maximum absolute atomic E-state index is 13.8. The summed E-state index contributed by atoms with van der Waals surface area (Å²) in [6, 6.07) is 14.9. The molecule has 0 unspecified atom stereocenters. The maximum atomic E-state index is 13.8. The molecule has 0 heterocycles. The minimum atomic E-state index is -4.58. The Bertz CT molecular complexity index is 943. The minimum absolute atomic E-state index is 0.213. The first-order chi connectivity index (χ1) is 11.8. The van der Waals surface area contributed by atoms with Gasteiger partial charge in [0.1, 0.15) is 5.82 Å². The lowest BCUT2D eigenvalue weighted by molar-refractivity contribution is -0.137. The lowest BCUT2D eigenvalue weighted by Gasteiger charge is -2.11. The first-order valence-electron chi connectivity index (χ1n) is 7.30. The summed E-state index contributed by atoms with van der Waals surface area (Å²) in [4.78, 5) is 4.15. The highest BCUT2D eigenvalue weighted by atomic mass is 19.4. The molecule has 0 aliphatic rings. The van der Waals surface area contributed by atoms with Crippen LogP contribution in [-0.4, -0.2) is 5.96 Å². The van der Waals surface area contributed by atoms with Gasteiger partial charge >= 0.3 is 6.18 Å². The van der Waals surface area contributed by atoms with Crippen molar-refractivity contribution in [2.75, 3.05) is 5.32 Å². The molecule has 128 valence electrons. The SMILES string of the molecule is NC(=Nc1cccc2ccccc12)Nc1cc(C(F)(F)F)ccc1F. The van der Waals surface area contributed by atoms with Crippen LogP contribution in [-0.2, 0) is 6.18 Å². The number of nitrogens with zero attached hydrogens (tertiary/aromatic N) is 1. The number of anilines is 1.